The minimum Gasteiger partial charge on any atom is -0.495 e. The molecule has 2 aliphatic heterocycles. The first-order valence-corrected chi connectivity index (χ1v) is 13.2. The summed E-state index contributed by atoms with van der Waals surface area (Å²) in [6.07, 6.45) is 2.28. The summed E-state index contributed by atoms with van der Waals surface area (Å²) >= 11 is 0. The van der Waals surface area contributed by atoms with E-state index in [1.54, 1.807) is 40.6 Å². The number of nitrogens with zero attached hydrogens (tertiary/aromatic N) is 2. The zero-order chi connectivity index (χ0) is 24.8. The minimum atomic E-state index is -3.67. The molecule has 0 radical (unpaired) electrons. The third-order valence-electron chi connectivity index (χ3n) is 7.39. The second-order valence-electron chi connectivity index (χ2n) is 9.52. The molecule has 0 unspecified atom stereocenters. The van der Waals surface area contributed by atoms with Crippen LogP contribution in [0.25, 0.3) is 11.0 Å². The van der Waals surface area contributed by atoms with Crippen molar-refractivity contribution in [3.8, 4) is 11.5 Å². The van der Waals surface area contributed by atoms with Gasteiger partial charge >= 0.3 is 0 Å². The largest absolute Gasteiger partial charge is 0.495 e. The summed E-state index contributed by atoms with van der Waals surface area (Å²) in [5.41, 5.74) is 1.31. The van der Waals surface area contributed by atoms with Crippen molar-refractivity contribution in [3.63, 3.8) is 0 Å². The molecular formula is C26H30N2O6S. The number of hydrogen-bond acceptors (Lipinski definition) is 6. The maximum absolute atomic E-state index is 13.4. The fraction of sp³-hybridized carbons (Fsp3) is 0.423. The van der Waals surface area contributed by atoms with Gasteiger partial charge in [0, 0.05) is 31.6 Å². The van der Waals surface area contributed by atoms with Gasteiger partial charge in [0.1, 0.15) is 10.6 Å². The third kappa shape index (κ3) is 4.16. The number of ether oxygens (including phenoxy) is 2. The van der Waals surface area contributed by atoms with E-state index in [4.69, 9.17) is 13.9 Å². The molecule has 8 nitrogen and oxygen atoms in total. The highest BCUT2D eigenvalue weighted by Gasteiger charge is 2.46. The molecule has 1 spiro atoms. The van der Waals surface area contributed by atoms with Crippen LogP contribution in [-0.4, -0.2) is 63.9 Å². The number of amides is 1. The minimum absolute atomic E-state index is 0.127. The van der Waals surface area contributed by atoms with Gasteiger partial charge in [-0.25, -0.2) is 8.42 Å². The quantitative estimate of drug-likeness (QED) is 0.527. The van der Waals surface area contributed by atoms with Gasteiger partial charge in [-0.15, -0.1) is 0 Å². The molecule has 0 atom stereocenters. The van der Waals surface area contributed by atoms with Gasteiger partial charge in [0.2, 0.25) is 10.0 Å². The van der Waals surface area contributed by atoms with E-state index in [9.17, 15) is 13.2 Å². The number of piperidine rings is 1. The van der Waals surface area contributed by atoms with Gasteiger partial charge in [0.05, 0.1) is 14.2 Å². The zero-order valence-electron chi connectivity index (χ0n) is 20.2. The Morgan fingerprint density at radius 2 is 1.69 bits per heavy atom. The SMILES string of the molecule is COc1ccc(C)cc1S(=O)(=O)N1CCC2(CCN(C(=O)c3cc4cccc(OC)c4o3)CC2)C1. The Kier molecular flexibility index (Phi) is 6.01. The van der Waals surface area contributed by atoms with E-state index in [0.29, 0.717) is 49.0 Å². The maximum atomic E-state index is 13.4. The third-order valence-corrected chi connectivity index (χ3v) is 9.26. The molecule has 186 valence electrons. The Labute approximate surface area is 205 Å². The lowest BCUT2D eigenvalue weighted by molar-refractivity contribution is 0.0571. The topological polar surface area (TPSA) is 89.3 Å². The molecule has 2 aromatic carbocycles. The number of furan rings is 1. The highest BCUT2D eigenvalue weighted by Crippen LogP contribution is 2.43. The number of carbonyl (C=O) groups excluding carboxylic acids is 1. The molecule has 3 heterocycles. The first-order chi connectivity index (χ1) is 16.8. The number of para-hydroxylation sites is 1. The second kappa shape index (κ2) is 8.87. The molecule has 35 heavy (non-hydrogen) atoms. The summed E-state index contributed by atoms with van der Waals surface area (Å²) in [6, 6.07) is 12.5. The van der Waals surface area contributed by atoms with Crippen LogP contribution in [-0.2, 0) is 10.0 Å². The second-order valence-corrected chi connectivity index (χ2v) is 11.4. The van der Waals surface area contributed by atoms with Gasteiger partial charge in [-0.3, -0.25) is 4.79 Å². The van der Waals surface area contributed by atoms with Crippen LogP contribution in [0, 0.1) is 12.3 Å². The van der Waals surface area contributed by atoms with Gasteiger partial charge < -0.3 is 18.8 Å². The van der Waals surface area contributed by atoms with Crippen molar-refractivity contribution in [2.45, 2.75) is 31.1 Å². The van der Waals surface area contributed by atoms with Crippen LogP contribution in [0.5, 0.6) is 11.5 Å². The molecule has 1 aromatic heterocycles. The molecule has 9 heteroatoms. The van der Waals surface area contributed by atoms with E-state index < -0.39 is 10.0 Å². The summed E-state index contributed by atoms with van der Waals surface area (Å²) < 4.78 is 45.0. The lowest BCUT2D eigenvalue weighted by atomic mass is 9.78. The van der Waals surface area contributed by atoms with Gasteiger partial charge in [-0.1, -0.05) is 18.2 Å². The van der Waals surface area contributed by atoms with E-state index >= 15 is 0 Å². The van der Waals surface area contributed by atoms with E-state index in [1.807, 2.05) is 25.1 Å². The van der Waals surface area contributed by atoms with Crippen molar-refractivity contribution >= 4 is 26.9 Å². The molecule has 2 aliphatic rings. The van der Waals surface area contributed by atoms with Gasteiger partial charge in [0.15, 0.2) is 17.1 Å². The first-order valence-electron chi connectivity index (χ1n) is 11.8. The summed E-state index contributed by atoms with van der Waals surface area (Å²) in [5, 5.41) is 0.824. The monoisotopic (exact) mass is 498 g/mol. The number of likely N-dealkylation sites (tertiary alicyclic amines) is 1. The van der Waals surface area contributed by atoms with Crippen LogP contribution in [0.3, 0.4) is 0 Å². The molecule has 2 saturated heterocycles. The molecule has 5 rings (SSSR count). The lowest BCUT2D eigenvalue weighted by Gasteiger charge is -2.39. The maximum Gasteiger partial charge on any atom is 0.289 e. The van der Waals surface area contributed by atoms with E-state index in [2.05, 4.69) is 0 Å². The number of rotatable bonds is 5. The summed E-state index contributed by atoms with van der Waals surface area (Å²) in [6.45, 7) is 3.92. The number of carbonyl (C=O) groups is 1. The number of aryl methyl sites for hydroxylation is 1. The average Bonchev–Trinajstić information content (AvgIpc) is 3.49. The Hall–Kier alpha value is -3.04. The average molecular weight is 499 g/mol. The van der Waals surface area contributed by atoms with Crippen molar-refractivity contribution < 1.29 is 27.1 Å². The Bertz CT molecular complexity index is 1370. The molecule has 3 aromatic rings. The zero-order valence-corrected chi connectivity index (χ0v) is 21.1. The van der Waals surface area contributed by atoms with Crippen LogP contribution in [0.4, 0.5) is 0 Å². The number of fused-ring (bicyclic) bond motifs is 1. The summed E-state index contributed by atoms with van der Waals surface area (Å²) in [7, 11) is -0.614. The van der Waals surface area contributed by atoms with Crippen LogP contribution in [0.1, 0.15) is 35.4 Å². The lowest BCUT2D eigenvalue weighted by Crippen LogP contribution is -2.44. The Balaban J connectivity index is 1.28. The molecule has 0 saturated carbocycles. The van der Waals surface area contributed by atoms with Crippen molar-refractivity contribution in [2.24, 2.45) is 5.41 Å². The van der Waals surface area contributed by atoms with Gasteiger partial charge in [-0.2, -0.15) is 4.31 Å². The van der Waals surface area contributed by atoms with Crippen LogP contribution >= 0.6 is 0 Å². The number of sulfonamides is 1. The van der Waals surface area contributed by atoms with Crippen molar-refractivity contribution in [1.82, 2.24) is 9.21 Å². The van der Waals surface area contributed by atoms with E-state index in [-0.39, 0.29) is 16.2 Å². The fourth-order valence-corrected chi connectivity index (χ4v) is 7.07. The molecule has 2 fully saturated rings. The van der Waals surface area contributed by atoms with Crippen LogP contribution in [0.15, 0.2) is 51.8 Å². The molecule has 1 amide bonds. The van der Waals surface area contributed by atoms with E-state index in [1.165, 1.54) is 7.11 Å². The van der Waals surface area contributed by atoms with Gasteiger partial charge in [0.25, 0.3) is 5.91 Å². The first kappa shape index (κ1) is 23.7. The van der Waals surface area contributed by atoms with Crippen LogP contribution in [0.2, 0.25) is 0 Å². The standard InChI is InChI=1S/C26H30N2O6S/c1-18-7-8-20(32-2)23(15-18)35(30,31)28-14-11-26(17-28)9-12-27(13-10-26)25(29)22-16-19-5-4-6-21(33-3)24(19)34-22/h4-8,15-16H,9-14,17H2,1-3H3. The van der Waals surface area contributed by atoms with Crippen LogP contribution < -0.4 is 9.47 Å². The van der Waals surface area contributed by atoms with Crippen molar-refractivity contribution in [1.29, 1.82) is 0 Å². The highest BCUT2D eigenvalue weighted by atomic mass is 32.2. The predicted molar refractivity (Wildman–Crippen MR) is 131 cm³/mol. The predicted octanol–water partition coefficient (Wildman–Crippen LogP) is 4.08. The fourth-order valence-electron chi connectivity index (χ4n) is 5.27. The highest BCUT2D eigenvalue weighted by molar-refractivity contribution is 7.89. The molecular weight excluding hydrogens is 468 g/mol. The normalized spacial score (nSPS) is 18.3. The summed E-state index contributed by atoms with van der Waals surface area (Å²) in [4.78, 5) is 15.2. The van der Waals surface area contributed by atoms with Crippen molar-refractivity contribution in [3.05, 3.63) is 53.8 Å². The number of methoxy groups -OCH3 is 2. The Morgan fingerprint density at radius 1 is 0.971 bits per heavy atom. The van der Waals surface area contributed by atoms with E-state index in [0.717, 1.165) is 30.2 Å². The molecule has 0 bridgehead atoms. The van der Waals surface area contributed by atoms with Crippen molar-refractivity contribution in [2.75, 3.05) is 40.4 Å². The Morgan fingerprint density at radius 3 is 2.40 bits per heavy atom. The number of hydrogen-bond donors (Lipinski definition) is 0. The molecule has 0 aliphatic carbocycles. The van der Waals surface area contributed by atoms with Gasteiger partial charge in [-0.05, 0) is 61.4 Å². The number of benzene rings is 2. The summed E-state index contributed by atoms with van der Waals surface area (Å²) in [5.74, 6) is 1.10. The smallest absolute Gasteiger partial charge is 0.289 e. The molecule has 0 N–H and O–H groups in total.